The summed E-state index contributed by atoms with van der Waals surface area (Å²) in [6.07, 6.45) is 21.4. The first-order chi connectivity index (χ1) is 53.2. The van der Waals surface area contributed by atoms with E-state index in [2.05, 4.69) is 78.5 Å². The van der Waals surface area contributed by atoms with Gasteiger partial charge in [0.25, 0.3) is 0 Å². The van der Waals surface area contributed by atoms with Crippen LogP contribution in [-0.2, 0) is 33.6 Å². The summed E-state index contributed by atoms with van der Waals surface area (Å²) in [5, 5.41) is 28.8. The van der Waals surface area contributed by atoms with E-state index >= 15 is 0 Å². The SMILES string of the molecule is CC(=O)Cl.CC(C)CCON=O.CCCCCC/C(=N\O)C(=O)c1cc2ccc(OC)cc2oc1=O.CCCCCC/C(=N\OC(C)=O)C(=O)c1cc2ccc(OC)cc2oc1=O.CCCCCCCC(=O)CC(=O)OCC.CCCCCCCC(=O)c1cc2ccc(OC)cc2oc1=O.COc1ccc(C=O)c(O)c1. The van der Waals surface area contributed by atoms with Gasteiger partial charge in [0.15, 0.2) is 17.4 Å². The van der Waals surface area contributed by atoms with Gasteiger partial charge >= 0.3 is 28.8 Å². The maximum Gasteiger partial charge on any atom is 0.347 e. The molecule has 0 aliphatic carbocycles. The molecule has 0 aliphatic heterocycles. The quantitative estimate of drug-likeness (QED) is 0.00293. The van der Waals surface area contributed by atoms with Gasteiger partial charge < -0.3 is 56.9 Å². The van der Waals surface area contributed by atoms with Crippen LogP contribution in [0.3, 0.4) is 0 Å². The Hall–Kier alpha value is -10.7. The molecule has 0 unspecified atom stereocenters. The van der Waals surface area contributed by atoms with Gasteiger partial charge in [0.1, 0.15) is 92.4 Å². The lowest BCUT2D eigenvalue weighted by Crippen LogP contribution is -2.22. The summed E-state index contributed by atoms with van der Waals surface area (Å²) < 4.78 is 40.5. The number of esters is 1. The molecule has 3 heterocycles. The van der Waals surface area contributed by atoms with E-state index in [0.29, 0.717) is 108 Å². The Kier molecular flexibility index (Phi) is 51.6. The van der Waals surface area contributed by atoms with Gasteiger partial charge in [0.05, 0.1) is 40.6 Å². The molecule has 0 fully saturated rings. The van der Waals surface area contributed by atoms with Crippen LogP contribution < -0.4 is 35.8 Å². The molecule has 2 N–H and O–H groups in total. The van der Waals surface area contributed by atoms with Crippen molar-refractivity contribution in [2.24, 2.45) is 21.6 Å². The monoisotopic (exact) mass is 1570 g/mol. The summed E-state index contributed by atoms with van der Waals surface area (Å²) in [5.41, 5.74) is -0.862. The number of phenols is 1. The number of hydrogen-bond donors (Lipinski definition) is 2. The van der Waals surface area contributed by atoms with Gasteiger partial charge in [-0.25, -0.2) is 19.2 Å². The molecule has 0 saturated carbocycles. The fourth-order valence-corrected chi connectivity index (χ4v) is 9.93. The predicted octanol–water partition coefficient (Wildman–Crippen LogP) is 18.6. The van der Waals surface area contributed by atoms with Gasteiger partial charge in [0, 0.05) is 67.1 Å². The summed E-state index contributed by atoms with van der Waals surface area (Å²) in [7, 11) is 6.07. The Morgan fingerprint density at radius 3 is 1.28 bits per heavy atom. The summed E-state index contributed by atoms with van der Waals surface area (Å²) in [6.45, 7) is 17.6. The van der Waals surface area contributed by atoms with Crippen LogP contribution in [-0.4, -0.2) is 110 Å². The zero-order valence-corrected chi connectivity index (χ0v) is 67.1. The molecule has 0 spiro atoms. The van der Waals surface area contributed by atoms with Crippen molar-refractivity contribution in [2.45, 2.75) is 216 Å². The number of ketones is 4. The molecule has 3 aromatic heterocycles. The lowest BCUT2D eigenvalue weighted by molar-refractivity contribution is -0.145. The van der Waals surface area contributed by atoms with Crippen LogP contribution in [0.4, 0.5) is 0 Å². The third-order valence-electron chi connectivity index (χ3n) is 16.0. The Morgan fingerprint density at radius 2 is 0.892 bits per heavy atom. The Labute approximate surface area is 652 Å². The normalized spacial score (nSPS) is 10.6. The van der Waals surface area contributed by atoms with Crippen molar-refractivity contribution >= 4 is 103 Å². The van der Waals surface area contributed by atoms with Crippen LogP contribution in [0.2, 0.25) is 0 Å². The van der Waals surface area contributed by atoms with Crippen LogP contribution in [0.15, 0.2) is 134 Å². The van der Waals surface area contributed by atoms with Crippen LogP contribution in [0, 0.1) is 10.8 Å². The van der Waals surface area contributed by atoms with E-state index in [1.165, 1.54) is 91.5 Å². The minimum Gasteiger partial charge on any atom is -0.507 e. The highest BCUT2D eigenvalue weighted by atomic mass is 35.5. The minimum atomic E-state index is -0.773. The van der Waals surface area contributed by atoms with E-state index in [1.807, 2.05) is 0 Å². The van der Waals surface area contributed by atoms with Crippen molar-refractivity contribution in [3.63, 3.8) is 0 Å². The number of rotatable bonds is 40. The number of Topliss-reactive ketones (excluding diaryl/α,β-unsaturated/α-hetero) is 4. The first-order valence-corrected chi connectivity index (χ1v) is 37.6. The fraction of sp³-hybridized carbons (Fsp3) is 0.482. The van der Waals surface area contributed by atoms with Gasteiger partial charge in [-0.3, -0.25) is 33.6 Å². The first-order valence-electron chi connectivity index (χ1n) is 37.2. The molecule has 28 heteroatoms. The van der Waals surface area contributed by atoms with Crippen LogP contribution >= 0.6 is 11.6 Å². The number of aldehydes is 1. The molecule has 0 amide bonds. The molecule has 27 nitrogen and oxygen atoms in total. The number of methoxy groups -OCH3 is 4. The topological polar surface area (TPSA) is 386 Å². The standard InChI is InChI=1S/C20H23NO6.C18H21NO5.C18H22O4.C12H22O3.C8H8O3.C5H11NO2.C2H3ClO/c1-4-5-6-7-8-17(21-27-13(2)22)19(23)16-11-14-9-10-15(25-3)12-18(14)26-20(16)24;1-3-4-5-6-7-15(19-22)17(20)14-10-12-8-9-13(23-2)11-16(12)24-18(14)21;1-3-4-5-6-7-8-16(19)15-11-13-9-10-14(21-2)12-17(13)22-18(15)20;1-3-5-6-7-8-9-11(13)10-12(14)15-4-2;1-11-7-3-2-6(5-9)8(10)4-7;1-5(2)3-4-8-6-7;1-2(3)4/h9-12H,4-8H2,1-3H3;8-11,22H,3-7H2,1-2H3;9-12H,3-8H2,1-2H3;3-10H2,1-2H3;2-5,10H,1H3;5H,3-4H2,1-2H3;1H3/b21-17+;19-15+;;;;;. The molecule has 0 radical (unpaired) electrons. The number of halogens is 1. The van der Waals surface area contributed by atoms with Crippen molar-refractivity contribution in [1.82, 2.24) is 0 Å². The minimum absolute atomic E-state index is 0.00458. The summed E-state index contributed by atoms with van der Waals surface area (Å²) in [4.78, 5) is 145. The first kappa shape index (κ1) is 98.3. The number of carbonyl (C=O) groups is 8. The lowest BCUT2D eigenvalue weighted by Gasteiger charge is -2.06. The van der Waals surface area contributed by atoms with Gasteiger partial charge in [-0.2, -0.15) is 0 Å². The summed E-state index contributed by atoms with van der Waals surface area (Å²) in [5.74, 6) is 0.418. The average molecular weight is 1570 g/mol. The second kappa shape index (κ2) is 58.3. The molecule has 7 rings (SSSR count). The number of nitrogens with zero attached hydrogens (tertiary/aromatic N) is 3. The number of aromatic hydroxyl groups is 1. The number of hydrogen-bond acceptors (Lipinski definition) is 27. The number of unbranched alkanes of at least 4 members (excludes halogenated alkanes) is 14. The highest BCUT2D eigenvalue weighted by Crippen LogP contribution is 2.25. The third-order valence-corrected chi connectivity index (χ3v) is 16.0. The largest absolute Gasteiger partial charge is 0.507 e. The van der Waals surface area contributed by atoms with E-state index < -0.39 is 40.4 Å². The molecule has 0 atom stereocenters. The molecule has 7 aromatic rings. The molecule has 0 saturated heterocycles. The molecular formula is C83H110ClN3O24. The average Bonchev–Trinajstić information content (AvgIpc) is 0.811. The number of carbonyl (C=O) groups excluding carboxylic acids is 8. The van der Waals surface area contributed by atoms with E-state index in [0.717, 1.165) is 88.9 Å². The van der Waals surface area contributed by atoms with Gasteiger partial charge in [0.2, 0.25) is 16.8 Å². The lowest BCUT2D eigenvalue weighted by atomic mass is 10.0. The second-order valence-electron chi connectivity index (χ2n) is 25.4. The van der Waals surface area contributed by atoms with Crippen LogP contribution in [0.1, 0.15) is 258 Å². The highest BCUT2D eigenvalue weighted by Gasteiger charge is 2.23. The Bertz CT molecular complexity index is 4280. The predicted molar refractivity (Wildman–Crippen MR) is 427 cm³/mol. The fourth-order valence-electron chi connectivity index (χ4n) is 9.93. The van der Waals surface area contributed by atoms with Crippen LogP contribution in [0.5, 0.6) is 28.7 Å². The van der Waals surface area contributed by atoms with E-state index in [-0.39, 0.29) is 62.7 Å². The molecule has 111 heavy (non-hydrogen) atoms. The van der Waals surface area contributed by atoms with Crippen molar-refractivity contribution in [3.8, 4) is 28.7 Å². The Balaban J connectivity index is 0.000000683. The zero-order chi connectivity index (χ0) is 83.1. The third kappa shape index (κ3) is 40.5. The molecule has 0 aliphatic rings. The maximum absolute atomic E-state index is 12.8. The zero-order valence-electron chi connectivity index (χ0n) is 66.3. The highest BCUT2D eigenvalue weighted by molar-refractivity contribution is 6.62. The van der Waals surface area contributed by atoms with Gasteiger partial charge in [-0.05, 0) is 136 Å². The van der Waals surface area contributed by atoms with Gasteiger partial charge in [-0.1, -0.05) is 142 Å². The molecular weight excluding hydrogens is 1460 g/mol. The number of fused-ring (bicyclic) bond motifs is 3. The number of ether oxygens (including phenoxy) is 5. The molecule has 608 valence electrons. The number of phenolic OH excluding ortho intramolecular Hbond substituents is 1. The maximum atomic E-state index is 12.8. The van der Waals surface area contributed by atoms with E-state index in [1.54, 1.807) is 80.8 Å². The summed E-state index contributed by atoms with van der Waals surface area (Å²) in [6, 6.07) is 24.2. The smallest absolute Gasteiger partial charge is 0.347 e. The van der Waals surface area contributed by atoms with E-state index in [4.69, 9.17) is 47.2 Å². The van der Waals surface area contributed by atoms with Gasteiger partial charge in [-0.15, -0.1) is 4.91 Å². The van der Waals surface area contributed by atoms with Crippen molar-refractivity contribution in [2.75, 3.05) is 41.7 Å². The number of benzene rings is 4. The van der Waals surface area contributed by atoms with Crippen LogP contribution in [0.25, 0.3) is 32.9 Å². The van der Waals surface area contributed by atoms with Crippen molar-refractivity contribution < 1.29 is 95.3 Å². The number of oxime groups is 2. The van der Waals surface area contributed by atoms with Crippen molar-refractivity contribution in [3.05, 3.63) is 149 Å². The summed E-state index contributed by atoms with van der Waals surface area (Å²) >= 11 is 4.64. The molecule has 4 aromatic carbocycles. The van der Waals surface area contributed by atoms with Crippen molar-refractivity contribution in [1.29, 1.82) is 0 Å². The van der Waals surface area contributed by atoms with E-state index in [9.17, 15) is 57.6 Å². The Morgan fingerprint density at radius 1 is 0.514 bits per heavy atom. The molecule has 0 bridgehead atoms. The second-order valence-corrected chi connectivity index (χ2v) is 25.9.